The van der Waals surface area contributed by atoms with Crippen LogP contribution >= 0.6 is 0 Å². The molecule has 0 aromatic carbocycles. The first-order valence-corrected chi connectivity index (χ1v) is 11.2. The molecule has 0 nitrogen and oxygen atoms in total. The van der Waals surface area contributed by atoms with Crippen molar-refractivity contribution in [3.63, 3.8) is 0 Å². The number of rotatable bonds is 4. The monoisotopic (exact) mass is 388 g/mol. The molecule has 156 valence electrons. The van der Waals surface area contributed by atoms with Crippen molar-refractivity contribution in [2.75, 3.05) is 0 Å². The maximum absolute atomic E-state index is 14.2. The van der Waals surface area contributed by atoms with Crippen molar-refractivity contribution in [2.45, 2.75) is 96.8 Å². The Morgan fingerprint density at radius 2 is 1.70 bits per heavy atom. The standard InChI is InChI=1S/C23H36F4/c1-3-4-16-5-7-17(8-6-16)18-9-11-19(12-10-18)20-14-22(24)21(13-15(20)2)23(25,26)27/h11,15-18,20-22H,3-10,12-14H2,1-2H3. The Morgan fingerprint density at radius 1 is 1.00 bits per heavy atom. The second kappa shape index (κ2) is 8.86. The van der Waals surface area contributed by atoms with Crippen LogP contribution in [-0.4, -0.2) is 12.3 Å². The molecule has 3 aliphatic rings. The van der Waals surface area contributed by atoms with Gasteiger partial charge in [0, 0.05) is 0 Å². The van der Waals surface area contributed by atoms with Gasteiger partial charge in [-0.25, -0.2) is 4.39 Å². The van der Waals surface area contributed by atoms with E-state index in [-0.39, 0.29) is 24.7 Å². The quantitative estimate of drug-likeness (QED) is 0.339. The van der Waals surface area contributed by atoms with Crippen molar-refractivity contribution >= 4 is 0 Å². The summed E-state index contributed by atoms with van der Waals surface area (Å²) in [5.41, 5.74) is 1.25. The zero-order chi connectivity index (χ0) is 19.6. The van der Waals surface area contributed by atoms with Gasteiger partial charge in [-0.15, -0.1) is 0 Å². The third kappa shape index (κ3) is 5.09. The molecule has 2 saturated carbocycles. The number of hydrogen-bond acceptors (Lipinski definition) is 0. The molecule has 0 spiro atoms. The summed E-state index contributed by atoms with van der Waals surface area (Å²) in [6.07, 6.45) is 7.41. The molecule has 0 N–H and O–H groups in total. The summed E-state index contributed by atoms with van der Waals surface area (Å²) < 4.78 is 53.3. The summed E-state index contributed by atoms with van der Waals surface area (Å²) in [7, 11) is 0. The molecule has 0 amide bonds. The van der Waals surface area contributed by atoms with Gasteiger partial charge in [0.2, 0.25) is 0 Å². The first kappa shape index (κ1) is 21.2. The number of halogens is 4. The van der Waals surface area contributed by atoms with Crippen molar-refractivity contribution in [3.8, 4) is 0 Å². The maximum Gasteiger partial charge on any atom is 0.394 e. The predicted octanol–water partition coefficient (Wildman–Crippen LogP) is 7.88. The Morgan fingerprint density at radius 3 is 2.26 bits per heavy atom. The molecule has 3 rings (SSSR count). The Hall–Kier alpha value is -0.540. The molecule has 2 fully saturated rings. The van der Waals surface area contributed by atoms with Crippen LogP contribution in [0.1, 0.15) is 84.5 Å². The van der Waals surface area contributed by atoms with Crippen molar-refractivity contribution < 1.29 is 17.6 Å². The lowest BCUT2D eigenvalue weighted by molar-refractivity contribution is -0.204. The number of allylic oxidation sites excluding steroid dienone is 2. The molecule has 0 aromatic heterocycles. The van der Waals surface area contributed by atoms with Crippen LogP contribution in [-0.2, 0) is 0 Å². The van der Waals surface area contributed by atoms with Gasteiger partial charge in [0.1, 0.15) is 6.17 Å². The van der Waals surface area contributed by atoms with Gasteiger partial charge in [-0.1, -0.05) is 51.2 Å². The highest BCUT2D eigenvalue weighted by molar-refractivity contribution is 5.14. The molecule has 0 aromatic rings. The van der Waals surface area contributed by atoms with E-state index in [0.717, 1.165) is 37.0 Å². The Kier molecular flexibility index (Phi) is 6.95. The minimum Gasteiger partial charge on any atom is -0.247 e. The summed E-state index contributed by atoms with van der Waals surface area (Å²) in [5.74, 6) is 0.657. The van der Waals surface area contributed by atoms with Crippen LogP contribution in [0.25, 0.3) is 0 Å². The lowest BCUT2D eigenvalue weighted by Crippen LogP contribution is -2.41. The highest BCUT2D eigenvalue weighted by Gasteiger charge is 2.50. The van der Waals surface area contributed by atoms with Crippen LogP contribution in [0, 0.1) is 35.5 Å². The molecule has 0 saturated heterocycles. The number of alkyl halides is 4. The van der Waals surface area contributed by atoms with Gasteiger partial charge in [-0.3, -0.25) is 0 Å². The normalized spacial score (nSPS) is 41.3. The van der Waals surface area contributed by atoms with Gasteiger partial charge in [-0.05, 0) is 74.5 Å². The molecule has 5 atom stereocenters. The lowest BCUT2D eigenvalue weighted by atomic mass is 9.66. The van der Waals surface area contributed by atoms with Crippen LogP contribution < -0.4 is 0 Å². The maximum atomic E-state index is 14.2. The molecular weight excluding hydrogens is 352 g/mol. The fourth-order valence-electron chi connectivity index (χ4n) is 6.20. The minimum absolute atomic E-state index is 0.0137. The Bertz CT molecular complexity index is 501. The fourth-order valence-corrected chi connectivity index (χ4v) is 6.20. The van der Waals surface area contributed by atoms with Crippen molar-refractivity contribution in [1.82, 2.24) is 0 Å². The van der Waals surface area contributed by atoms with Crippen LogP contribution in [0.15, 0.2) is 11.6 Å². The van der Waals surface area contributed by atoms with E-state index in [2.05, 4.69) is 13.0 Å². The largest absolute Gasteiger partial charge is 0.394 e. The van der Waals surface area contributed by atoms with Crippen molar-refractivity contribution in [2.24, 2.45) is 35.5 Å². The second-order valence-electron chi connectivity index (χ2n) is 9.60. The molecular formula is C23H36F4. The SMILES string of the molecule is CCCC1CCC(C2CC=C(C3CC(F)C(C(F)(F)F)CC3C)CC2)CC1. The van der Waals surface area contributed by atoms with Gasteiger partial charge in [0.15, 0.2) is 0 Å². The lowest BCUT2D eigenvalue weighted by Gasteiger charge is -2.41. The van der Waals surface area contributed by atoms with Crippen molar-refractivity contribution in [1.29, 1.82) is 0 Å². The molecule has 0 aliphatic heterocycles. The van der Waals surface area contributed by atoms with E-state index >= 15 is 0 Å². The fraction of sp³-hybridized carbons (Fsp3) is 0.913. The third-order valence-electron chi connectivity index (χ3n) is 7.87. The average Bonchev–Trinajstić information content (AvgIpc) is 2.63. The van der Waals surface area contributed by atoms with E-state index in [1.54, 1.807) is 0 Å². The van der Waals surface area contributed by atoms with Crippen LogP contribution in [0.4, 0.5) is 17.6 Å². The smallest absolute Gasteiger partial charge is 0.247 e. The van der Waals surface area contributed by atoms with Gasteiger partial charge in [-0.2, -0.15) is 13.2 Å². The van der Waals surface area contributed by atoms with E-state index in [9.17, 15) is 17.6 Å². The Labute approximate surface area is 162 Å². The van der Waals surface area contributed by atoms with Gasteiger partial charge in [0.05, 0.1) is 5.92 Å². The van der Waals surface area contributed by atoms with E-state index in [1.807, 2.05) is 6.92 Å². The molecule has 4 heteroatoms. The number of hydrogen-bond donors (Lipinski definition) is 0. The molecule has 27 heavy (non-hydrogen) atoms. The zero-order valence-corrected chi connectivity index (χ0v) is 16.9. The summed E-state index contributed by atoms with van der Waals surface area (Å²) in [6.45, 7) is 4.15. The van der Waals surface area contributed by atoms with Gasteiger partial charge >= 0.3 is 6.18 Å². The van der Waals surface area contributed by atoms with Crippen molar-refractivity contribution in [3.05, 3.63) is 11.6 Å². The van der Waals surface area contributed by atoms with E-state index in [1.165, 1.54) is 44.1 Å². The molecule has 5 unspecified atom stereocenters. The van der Waals surface area contributed by atoms with Gasteiger partial charge in [0.25, 0.3) is 0 Å². The van der Waals surface area contributed by atoms with E-state index in [0.29, 0.717) is 0 Å². The summed E-state index contributed by atoms with van der Waals surface area (Å²) >= 11 is 0. The van der Waals surface area contributed by atoms with Crippen LogP contribution in [0.5, 0.6) is 0 Å². The third-order valence-corrected chi connectivity index (χ3v) is 7.87. The topological polar surface area (TPSA) is 0 Å². The summed E-state index contributed by atoms with van der Waals surface area (Å²) in [6, 6.07) is 0. The van der Waals surface area contributed by atoms with Crippen LogP contribution in [0.2, 0.25) is 0 Å². The predicted molar refractivity (Wildman–Crippen MR) is 102 cm³/mol. The molecule has 3 aliphatic carbocycles. The Balaban J connectivity index is 1.53. The minimum atomic E-state index is -4.40. The van der Waals surface area contributed by atoms with E-state index < -0.39 is 18.3 Å². The van der Waals surface area contributed by atoms with Gasteiger partial charge < -0.3 is 0 Å². The van der Waals surface area contributed by atoms with Crippen LogP contribution in [0.3, 0.4) is 0 Å². The first-order valence-electron chi connectivity index (χ1n) is 11.2. The summed E-state index contributed by atoms with van der Waals surface area (Å²) in [4.78, 5) is 0. The zero-order valence-electron chi connectivity index (χ0n) is 16.9. The molecule has 0 bridgehead atoms. The second-order valence-corrected chi connectivity index (χ2v) is 9.60. The highest BCUT2D eigenvalue weighted by atomic mass is 19.4. The highest BCUT2D eigenvalue weighted by Crippen LogP contribution is 2.49. The van der Waals surface area contributed by atoms with E-state index in [4.69, 9.17) is 0 Å². The average molecular weight is 389 g/mol. The summed E-state index contributed by atoms with van der Waals surface area (Å²) in [5, 5.41) is 0. The first-order chi connectivity index (χ1) is 12.8. The molecule has 0 heterocycles. The molecule has 0 radical (unpaired) electrons.